The van der Waals surface area contributed by atoms with Crippen LogP contribution < -0.4 is 10.1 Å². The minimum atomic E-state index is 0.172. The molecule has 0 aromatic carbocycles. The fourth-order valence-corrected chi connectivity index (χ4v) is 2.01. The van der Waals surface area contributed by atoms with Gasteiger partial charge in [-0.2, -0.15) is 0 Å². The monoisotopic (exact) mass is 291 g/mol. The Morgan fingerprint density at radius 3 is 3.00 bits per heavy atom. The predicted molar refractivity (Wildman–Crippen MR) is 80.3 cm³/mol. The summed E-state index contributed by atoms with van der Waals surface area (Å²) in [6, 6.07) is 5.80. The molecular formula is C15H18ClN3O. The van der Waals surface area contributed by atoms with Crippen molar-refractivity contribution in [3.8, 4) is 11.6 Å². The molecule has 0 saturated heterocycles. The number of ether oxygens (including phenoxy) is 1. The molecule has 4 nitrogen and oxygen atoms in total. The summed E-state index contributed by atoms with van der Waals surface area (Å²) in [6.07, 6.45) is 5.98. The van der Waals surface area contributed by atoms with Gasteiger partial charge in [0.25, 0.3) is 0 Å². The highest BCUT2D eigenvalue weighted by atomic mass is 35.5. The average molecular weight is 292 g/mol. The summed E-state index contributed by atoms with van der Waals surface area (Å²) in [4.78, 5) is 8.30. The van der Waals surface area contributed by atoms with Crippen LogP contribution in [0.3, 0.4) is 0 Å². The topological polar surface area (TPSA) is 47.0 Å². The van der Waals surface area contributed by atoms with Gasteiger partial charge in [0.15, 0.2) is 0 Å². The molecule has 106 valence electrons. The van der Waals surface area contributed by atoms with Gasteiger partial charge in [-0.1, -0.05) is 24.6 Å². The number of halogens is 1. The third-order valence-electron chi connectivity index (χ3n) is 2.86. The summed E-state index contributed by atoms with van der Waals surface area (Å²) >= 11 is 5.91. The molecule has 0 fully saturated rings. The maximum atomic E-state index is 5.91. The highest BCUT2D eigenvalue weighted by molar-refractivity contribution is 6.30. The van der Waals surface area contributed by atoms with Crippen molar-refractivity contribution in [2.24, 2.45) is 0 Å². The van der Waals surface area contributed by atoms with Crippen LogP contribution in [0.1, 0.15) is 31.9 Å². The van der Waals surface area contributed by atoms with Gasteiger partial charge in [0, 0.05) is 30.1 Å². The predicted octanol–water partition coefficient (Wildman–Crippen LogP) is 3.98. The summed E-state index contributed by atoms with van der Waals surface area (Å²) < 4.78 is 5.79. The molecule has 0 saturated carbocycles. The number of nitrogens with one attached hydrogen (secondary N) is 1. The van der Waals surface area contributed by atoms with E-state index in [1.165, 1.54) is 0 Å². The van der Waals surface area contributed by atoms with E-state index in [0.29, 0.717) is 16.7 Å². The van der Waals surface area contributed by atoms with Gasteiger partial charge in [0.05, 0.1) is 11.2 Å². The molecule has 0 aliphatic carbocycles. The Hall–Kier alpha value is -1.65. The van der Waals surface area contributed by atoms with Crippen LogP contribution in [-0.4, -0.2) is 16.5 Å². The minimum Gasteiger partial charge on any atom is -0.437 e. The Bertz CT molecular complexity index is 562. The van der Waals surface area contributed by atoms with Crippen LogP contribution in [0.5, 0.6) is 11.6 Å². The smallest absolute Gasteiger partial charge is 0.224 e. The number of pyridine rings is 2. The fraction of sp³-hybridized carbons (Fsp3) is 0.333. The second-order valence-corrected chi connectivity index (χ2v) is 4.95. The Morgan fingerprint density at radius 2 is 2.25 bits per heavy atom. The van der Waals surface area contributed by atoms with Crippen molar-refractivity contribution in [2.75, 3.05) is 6.54 Å². The Balaban J connectivity index is 2.19. The van der Waals surface area contributed by atoms with Gasteiger partial charge < -0.3 is 10.1 Å². The van der Waals surface area contributed by atoms with Crippen LogP contribution in [0, 0.1) is 0 Å². The van der Waals surface area contributed by atoms with Gasteiger partial charge >= 0.3 is 0 Å². The molecule has 0 aliphatic rings. The van der Waals surface area contributed by atoms with E-state index < -0.39 is 0 Å². The SMILES string of the molecule is CCCNC(C)c1cccnc1Oc1cncc(Cl)c1. The molecule has 0 radical (unpaired) electrons. The summed E-state index contributed by atoms with van der Waals surface area (Å²) in [6.45, 7) is 5.18. The lowest BCUT2D eigenvalue weighted by molar-refractivity contribution is 0.440. The van der Waals surface area contributed by atoms with Crippen molar-refractivity contribution >= 4 is 11.6 Å². The Morgan fingerprint density at radius 1 is 1.40 bits per heavy atom. The van der Waals surface area contributed by atoms with Gasteiger partial charge in [-0.15, -0.1) is 0 Å². The molecule has 0 amide bonds. The zero-order chi connectivity index (χ0) is 14.4. The first-order valence-electron chi connectivity index (χ1n) is 6.67. The molecule has 2 aromatic heterocycles. The third kappa shape index (κ3) is 3.92. The molecule has 0 bridgehead atoms. The average Bonchev–Trinajstić information content (AvgIpc) is 2.45. The van der Waals surface area contributed by atoms with Crippen LogP contribution in [0.2, 0.25) is 5.02 Å². The largest absolute Gasteiger partial charge is 0.437 e. The Kier molecular flexibility index (Phi) is 5.32. The first-order chi connectivity index (χ1) is 9.70. The number of aromatic nitrogens is 2. The van der Waals surface area contributed by atoms with E-state index in [-0.39, 0.29) is 6.04 Å². The van der Waals surface area contributed by atoms with Crippen LogP contribution in [0.4, 0.5) is 0 Å². The molecular weight excluding hydrogens is 274 g/mol. The maximum absolute atomic E-state index is 5.91. The van der Waals surface area contributed by atoms with Gasteiger partial charge in [0.2, 0.25) is 5.88 Å². The third-order valence-corrected chi connectivity index (χ3v) is 3.07. The molecule has 1 N–H and O–H groups in total. The number of rotatable bonds is 6. The maximum Gasteiger partial charge on any atom is 0.224 e. The molecule has 1 atom stereocenters. The second kappa shape index (κ2) is 7.22. The van der Waals surface area contributed by atoms with Gasteiger partial charge in [-0.05, 0) is 26.0 Å². The van der Waals surface area contributed by atoms with E-state index in [1.54, 1.807) is 24.7 Å². The summed E-state index contributed by atoms with van der Waals surface area (Å²) in [7, 11) is 0. The van der Waals surface area contributed by atoms with Crippen LogP contribution in [0.15, 0.2) is 36.8 Å². The van der Waals surface area contributed by atoms with E-state index in [0.717, 1.165) is 18.5 Å². The van der Waals surface area contributed by atoms with Crippen molar-refractivity contribution in [2.45, 2.75) is 26.3 Å². The van der Waals surface area contributed by atoms with Crippen molar-refractivity contribution in [1.82, 2.24) is 15.3 Å². The molecule has 20 heavy (non-hydrogen) atoms. The second-order valence-electron chi connectivity index (χ2n) is 4.51. The van der Waals surface area contributed by atoms with E-state index in [9.17, 15) is 0 Å². The van der Waals surface area contributed by atoms with E-state index in [1.807, 2.05) is 12.1 Å². The molecule has 5 heteroatoms. The van der Waals surface area contributed by atoms with E-state index in [2.05, 4.69) is 29.1 Å². The van der Waals surface area contributed by atoms with Gasteiger partial charge in [0.1, 0.15) is 5.75 Å². The van der Waals surface area contributed by atoms with Gasteiger partial charge in [-0.3, -0.25) is 4.98 Å². The molecule has 1 unspecified atom stereocenters. The molecule has 2 rings (SSSR count). The highest BCUT2D eigenvalue weighted by Crippen LogP contribution is 2.27. The fourth-order valence-electron chi connectivity index (χ4n) is 1.85. The molecule has 0 aliphatic heterocycles. The van der Waals surface area contributed by atoms with Crippen molar-refractivity contribution < 1.29 is 4.74 Å². The Labute approximate surface area is 124 Å². The summed E-state index contributed by atoms with van der Waals surface area (Å²) in [5.41, 5.74) is 1.01. The number of hydrogen-bond donors (Lipinski definition) is 1. The van der Waals surface area contributed by atoms with Crippen molar-refractivity contribution in [3.63, 3.8) is 0 Å². The molecule has 0 spiro atoms. The van der Waals surface area contributed by atoms with Crippen LogP contribution >= 0.6 is 11.6 Å². The highest BCUT2D eigenvalue weighted by Gasteiger charge is 2.12. The van der Waals surface area contributed by atoms with Crippen LogP contribution in [-0.2, 0) is 0 Å². The number of hydrogen-bond acceptors (Lipinski definition) is 4. The van der Waals surface area contributed by atoms with Crippen molar-refractivity contribution in [3.05, 3.63) is 47.4 Å². The first kappa shape index (κ1) is 14.8. The normalized spacial score (nSPS) is 12.2. The lowest BCUT2D eigenvalue weighted by Crippen LogP contribution is -2.20. The van der Waals surface area contributed by atoms with E-state index >= 15 is 0 Å². The lowest BCUT2D eigenvalue weighted by Gasteiger charge is -2.16. The molecule has 2 heterocycles. The summed E-state index contributed by atoms with van der Waals surface area (Å²) in [5.74, 6) is 1.16. The minimum absolute atomic E-state index is 0.172. The zero-order valence-corrected chi connectivity index (χ0v) is 12.4. The first-order valence-corrected chi connectivity index (χ1v) is 7.05. The van der Waals surface area contributed by atoms with Crippen molar-refractivity contribution in [1.29, 1.82) is 0 Å². The lowest BCUT2D eigenvalue weighted by atomic mass is 10.1. The van der Waals surface area contributed by atoms with Gasteiger partial charge in [-0.25, -0.2) is 4.98 Å². The standard InChI is InChI=1S/C15H18ClN3O/c1-3-6-18-11(2)14-5-4-7-19-15(14)20-13-8-12(16)9-17-10-13/h4-5,7-11,18H,3,6H2,1-2H3. The number of nitrogens with zero attached hydrogens (tertiary/aromatic N) is 2. The zero-order valence-electron chi connectivity index (χ0n) is 11.6. The summed E-state index contributed by atoms with van der Waals surface area (Å²) in [5, 5.41) is 3.96. The molecule has 2 aromatic rings. The van der Waals surface area contributed by atoms with E-state index in [4.69, 9.17) is 16.3 Å². The van der Waals surface area contributed by atoms with Crippen LogP contribution in [0.25, 0.3) is 0 Å². The quantitative estimate of drug-likeness (QED) is 0.874.